The summed E-state index contributed by atoms with van der Waals surface area (Å²) in [5.74, 6) is -0.256. The number of hydrogen-bond acceptors (Lipinski definition) is 6. The quantitative estimate of drug-likeness (QED) is 0.0373. The maximum absolute atomic E-state index is 12.6. The molecule has 372 valence electrons. The van der Waals surface area contributed by atoms with Crippen LogP contribution in [0.25, 0.3) is 0 Å². The second-order valence-electron chi connectivity index (χ2n) is 19.2. The standard InChI is InChI=1S/C57H109NO5/c1-5-9-13-15-17-21-27-35-44-54(42-33-11-7-3)52-56(60)62-50-39-31-25-19-23-29-37-46-58(48-41-49-59)47-38-30-24-20-26-32-40-51-63-57(61)53-55(43-34-12-8-4)45-36-28-22-18-16-14-10-6-2/h52-53,59H,5-51H2,1-4H3/b54-52-,55-53+. The first kappa shape index (κ1) is 61.3. The normalized spacial score (nSPS) is 12.2. The molecule has 0 amide bonds. The molecular weight excluding hydrogens is 779 g/mol. The first-order valence-electron chi connectivity index (χ1n) is 28.1. The molecule has 0 bridgehead atoms. The minimum Gasteiger partial charge on any atom is -0.463 e. The number of carbonyl (C=O) groups excluding carboxylic acids is 2. The predicted molar refractivity (Wildman–Crippen MR) is 274 cm³/mol. The molecule has 0 unspecified atom stereocenters. The Balaban J connectivity index is 4.08. The highest BCUT2D eigenvalue weighted by Gasteiger charge is 2.08. The van der Waals surface area contributed by atoms with Gasteiger partial charge in [-0.05, 0) is 96.6 Å². The van der Waals surface area contributed by atoms with Gasteiger partial charge in [-0.3, -0.25) is 0 Å². The molecule has 0 aromatic carbocycles. The summed E-state index contributed by atoms with van der Waals surface area (Å²) in [5, 5.41) is 9.45. The first-order valence-corrected chi connectivity index (χ1v) is 28.1. The zero-order valence-electron chi connectivity index (χ0n) is 42.9. The van der Waals surface area contributed by atoms with Crippen LogP contribution in [-0.4, -0.2) is 61.4 Å². The summed E-state index contributed by atoms with van der Waals surface area (Å²) in [6, 6.07) is 0. The Bertz CT molecular complexity index is 948. The van der Waals surface area contributed by atoms with Crippen molar-refractivity contribution in [1.82, 2.24) is 4.90 Å². The lowest BCUT2D eigenvalue weighted by atomic mass is 9.99. The van der Waals surface area contributed by atoms with Crippen molar-refractivity contribution in [2.45, 2.75) is 291 Å². The summed E-state index contributed by atoms with van der Waals surface area (Å²) in [6.07, 6.45) is 53.7. The van der Waals surface area contributed by atoms with Gasteiger partial charge in [-0.1, -0.05) is 219 Å². The van der Waals surface area contributed by atoms with Crippen molar-refractivity contribution in [1.29, 1.82) is 0 Å². The molecule has 0 rings (SSSR count). The van der Waals surface area contributed by atoms with Crippen molar-refractivity contribution in [2.24, 2.45) is 0 Å². The molecule has 0 aromatic heterocycles. The summed E-state index contributed by atoms with van der Waals surface area (Å²) in [7, 11) is 0. The van der Waals surface area contributed by atoms with Gasteiger partial charge >= 0.3 is 11.9 Å². The summed E-state index contributed by atoms with van der Waals surface area (Å²) in [5.41, 5.74) is 2.60. The zero-order valence-corrected chi connectivity index (χ0v) is 42.9. The largest absolute Gasteiger partial charge is 0.463 e. The van der Waals surface area contributed by atoms with Crippen LogP contribution < -0.4 is 0 Å². The van der Waals surface area contributed by atoms with Gasteiger partial charge in [0.25, 0.3) is 0 Å². The lowest BCUT2D eigenvalue weighted by molar-refractivity contribution is -0.138. The van der Waals surface area contributed by atoms with Crippen LogP contribution in [0.15, 0.2) is 23.3 Å². The molecule has 1 N–H and O–H groups in total. The molecule has 0 aliphatic heterocycles. The Morgan fingerprint density at radius 2 is 0.603 bits per heavy atom. The molecule has 0 spiro atoms. The molecule has 6 heteroatoms. The number of rotatable bonds is 51. The fourth-order valence-corrected chi connectivity index (χ4v) is 8.75. The molecular formula is C57H109NO5. The molecule has 0 radical (unpaired) electrons. The van der Waals surface area contributed by atoms with Gasteiger partial charge in [0, 0.05) is 25.3 Å². The number of ether oxygens (including phenoxy) is 2. The third-order valence-corrected chi connectivity index (χ3v) is 12.9. The number of hydrogen-bond donors (Lipinski definition) is 1. The summed E-state index contributed by atoms with van der Waals surface area (Å²) in [4.78, 5) is 27.7. The summed E-state index contributed by atoms with van der Waals surface area (Å²) < 4.78 is 11.3. The molecule has 0 heterocycles. The van der Waals surface area contributed by atoms with Gasteiger partial charge < -0.3 is 19.5 Å². The smallest absolute Gasteiger partial charge is 0.330 e. The monoisotopic (exact) mass is 888 g/mol. The van der Waals surface area contributed by atoms with Crippen molar-refractivity contribution in [3.63, 3.8) is 0 Å². The van der Waals surface area contributed by atoms with Crippen LogP contribution >= 0.6 is 0 Å². The minimum absolute atomic E-state index is 0.128. The van der Waals surface area contributed by atoms with E-state index in [9.17, 15) is 14.7 Å². The third kappa shape index (κ3) is 46.7. The lowest BCUT2D eigenvalue weighted by Crippen LogP contribution is -2.27. The maximum Gasteiger partial charge on any atom is 0.330 e. The van der Waals surface area contributed by atoms with E-state index in [4.69, 9.17) is 9.47 Å². The highest BCUT2D eigenvalue weighted by molar-refractivity contribution is 5.83. The predicted octanol–water partition coefficient (Wildman–Crippen LogP) is 17.3. The highest BCUT2D eigenvalue weighted by atomic mass is 16.5. The maximum atomic E-state index is 12.6. The van der Waals surface area contributed by atoms with Crippen LogP contribution in [0.5, 0.6) is 0 Å². The average molecular weight is 889 g/mol. The van der Waals surface area contributed by atoms with E-state index in [2.05, 4.69) is 32.6 Å². The fourth-order valence-electron chi connectivity index (χ4n) is 8.75. The lowest BCUT2D eigenvalue weighted by Gasteiger charge is -2.22. The molecule has 0 aliphatic carbocycles. The Morgan fingerprint density at radius 1 is 0.349 bits per heavy atom. The van der Waals surface area contributed by atoms with E-state index in [1.807, 2.05) is 12.2 Å². The Kier molecular flexibility index (Phi) is 50.0. The second-order valence-corrected chi connectivity index (χ2v) is 19.2. The number of allylic oxidation sites excluding steroid dienone is 2. The number of esters is 2. The molecule has 0 aliphatic rings. The van der Waals surface area contributed by atoms with Gasteiger partial charge in [0.05, 0.1) is 13.2 Å². The molecule has 63 heavy (non-hydrogen) atoms. The van der Waals surface area contributed by atoms with Crippen LogP contribution in [0.1, 0.15) is 291 Å². The van der Waals surface area contributed by atoms with Crippen molar-refractivity contribution in [3.8, 4) is 0 Å². The van der Waals surface area contributed by atoms with E-state index in [1.54, 1.807) is 0 Å². The number of carbonyl (C=O) groups is 2. The van der Waals surface area contributed by atoms with E-state index in [0.717, 1.165) is 77.4 Å². The van der Waals surface area contributed by atoms with Crippen LogP contribution in [-0.2, 0) is 19.1 Å². The molecule has 0 aromatic rings. The van der Waals surface area contributed by atoms with Gasteiger partial charge in [-0.15, -0.1) is 0 Å². The fraction of sp³-hybridized carbons (Fsp3) is 0.895. The van der Waals surface area contributed by atoms with Crippen molar-refractivity contribution in [3.05, 3.63) is 23.3 Å². The molecule has 0 atom stereocenters. The van der Waals surface area contributed by atoms with E-state index in [1.165, 1.54) is 217 Å². The van der Waals surface area contributed by atoms with Gasteiger partial charge in [0.1, 0.15) is 0 Å². The topological polar surface area (TPSA) is 76.1 Å². The van der Waals surface area contributed by atoms with Crippen LogP contribution in [0.4, 0.5) is 0 Å². The zero-order chi connectivity index (χ0) is 45.9. The van der Waals surface area contributed by atoms with Crippen molar-refractivity contribution < 1.29 is 24.2 Å². The highest BCUT2D eigenvalue weighted by Crippen LogP contribution is 2.20. The van der Waals surface area contributed by atoms with Gasteiger partial charge in [0.2, 0.25) is 0 Å². The van der Waals surface area contributed by atoms with Crippen LogP contribution in [0.2, 0.25) is 0 Å². The number of aliphatic hydroxyl groups is 1. The number of aliphatic hydroxyl groups excluding tert-OH is 1. The molecule has 0 saturated heterocycles. The van der Waals surface area contributed by atoms with Crippen molar-refractivity contribution >= 4 is 11.9 Å². The van der Waals surface area contributed by atoms with E-state index >= 15 is 0 Å². The Labute approximate surface area is 393 Å². The number of unbranched alkanes of at least 4 members (excludes halogenated alkanes) is 30. The molecule has 0 fully saturated rings. The van der Waals surface area contributed by atoms with Crippen molar-refractivity contribution in [2.75, 3.05) is 39.5 Å². The van der Waals surface area contributed by atoms with Gasteiger partial charge in [-0.25, -0.2) is 9.59 Å². The number of nitrogens with zero attached hydrogens (tertiary/aromatic N) is 1. The third-order valence-electron chi connectivity index (χ3n) is 12.9. The molecule has 6 nitrogen and oxygen atoms in total. The average Bonchev–Trinajstić information content (AvgIpc) is 3.28. The van der Waals surface area contributed by atoms with E-state index in [0.29, 0.717) is 13.2 Å². The second kappa shape index (κ2) is 51.3. The van der Waals surface area contributed by atoms with Gasteiger partial charge in [0.15, 0.2) is 0 Å². The van der Waals surface area contributed by atoms with Gasteiger partial charge in [-0.2, -0.15) is 0 Å². The van der Waals surface area contributed by atoms with E-state index in [-0.39, 0.29) is 18.5 Å². The SMILES string of the molecule is CCCCCCCCCC/C(=C\C(=O)OCCCCCCCCCN(CCCO)CCCCCCCCCOC(=O)/C=C(\CCCCC)CCCCCCCCCC)CCCCC. The Morgan fingerprint density at radius 3 is 0.937 bits per heavy atom. The molecule has 0 saturated carbocycles. The Hall–Kier alpha value is -1.66. The first-order chi connectivity index (χ1) is 31.0. The van der Waals surface area contributed by atoms with Crippen LogP contribution in [0.3, 0.4) is 0 Å². The summed E-state index contributed by atoms with van der Waals surface area (Å²) >= 11 is 0. The minimum atomic E-state index is -0.128. The summed E-state index contributed by atoms with van der Waals surface area (Å²) in [6.45, 7) is 13.7. The van der Waals surface area contributed by atoms with E-state index < -0.39 is 0 Å². The van der Waals surface area contributed by atoms with Crippen LogP contribution in [0, 0.1) is 0 Å².